The lowest BCUT2D eigenvalue weighted by Crippen LogP contribution is -2.09. The number of aromatic nitrogens is 1. The van der Waals surface area contributed by atoms with Gasteiger partial charge in [0.1, 0.15) is 11.1 Å². The number of fused-ring (bicyclic) bond motifs is 1. The van der Waals surface area contributed by atoms with Gasteiger partial charge in [0.05, 0.1) is 24.6 Å². The van der Waals surface area contributed by atoms with E-state index in [2.05, 4.69) is 15.8 Å². The highest BCUT2D eigenvalue weighted by molar-refractivity contribution is 7.99. The second-order valence-corrected chi connectivity index (χ2v) is 5.78. The van der Waals surface area contributed by atoms with E-state index < -0.39 is 0 Å². The zero-order chi connectivity index (χ0) is 14.5. The van der Waals surface area contributed by atoms with Crippen molar-refractivity contribution in [3.63, 3.8) is 0 Å². The fourth-order valence-electron chi connectivity index (χ4n) is 1.82. The summed E-state index contributed by atoms with van der Waals surface area (Å²) in [7, 11) is 1.37. The van der Waals surface area contributed by atoms with Crippen molar-refractivity contribution in [3.05, 3.63) is 35.9 Å². The number of hydrogen-bond acceptors (Lipinski definition) is 5. The van der Waals surface area contributed by atoms with Crippen LogP contribution in [0.15, 0.2) is 35.4 Å². The summed E-state index contributed by atoms with van der Waals surface area (Å²) in [5, 5.41) is 10.8. The normalized spacial score (nSPS) is 11.8. The fourth-order valence-corrected chi connectivity index (χ4v) is 2.80. The van der Waals surface area contributed by atoms with Gasteiger partial charge in [0.15, 0.2) is 0 Å². The third-order valence-electron chi connectivity index (χ3n) is 2.80. The molecule has 0 bridgehead atoms. The first-order valence-electron chi connectivity index (χ1n) is 6.17. The summed E-state index contributed by atoms with van der Waals surface area (Å²) in [6, 6.07) is 11.6. The third-order valence-corrected chi connectivity index (χ3v) is 3.91. The Kier molecular flexibility index (Phi) is 4.59. The van der Waals surface area contributed by atoms with Crippen LogP contribution in [0.1, 0.15) is 18.9 Å². The summed E-state index contributed by atoms with van der Waals surface area (Å²) in [6.07, 6.45) is 0.292. The van der Waals surface area contributed by atoms with Gasteiger partial charge in [-0.1, -0.05) is 25.1 Å². The predicted octanol–water partition coefficient (Wildman–Crippen LogP) is 3.15. The molecule has 1 unspecified atom stereocenters. The number of carbonyl (C=O) groups excluding carboxylic acids is 1. The molecule has 1 heterocycles. The highest BCUT2D eigenvalue weighted by Gasteiger charge is 2.15. The van der Waals surface area contributed by atoms with Crippen LogP contribution in [0.3, 0.4) is 0 Å². The average Bonchev–Trinajstić information content (AvgIpc) is 2.46. The maximum absolute atomic E-state index is 11.3. The molecule has 0 aliphatic rings. The van der Waals surface area contributed by atoms with Crippen molar-refractivity contribution in [1.82, 2.24) is 4.98 Å². The van der Waals surface area contributed by atoms with Gasteiger partial charge >= 0.3 is 5.97 Å². The topological polar surface area (TPSA) is 63.0 Å². The van der Waals surface area contributed by atoms with Crippen LogP contribution in [0.5, 0.6) is 0 Å². The third kappa shape index (κ3) is 3.28. The lowest BCUT2D eigenvalue weighted by atomic mass is 10.2. The first-order valence-corrected chi connectivity index (χ1v) is 7.05. The number of pyridine rings is 1. The minimum absolute atomic E-state index is 0.00297. The number of methoxy groups -OCH3 is 1. The molecule has 0 fully saturated rings. The molecule has 102 valence electrons. The molecule has 0 spiro atoms. The summed E-state index contributed by atoms with van der Waals surface area (Å²) < 4.78 is 4.65. The van der Waals surface area contributed by atoms with Gasteiger partial charge in [0.2, 0.25) is 0 Å². The van der Waals surface area contributed by atoms with Crippen LogP contribution in [0, 0.1) is 11.3 Å². The molecule has 1 aromatic heterocycles. The molecule has 0 aliphatic heterocycles. The van der Waals surface area contributed by atoms with E-state index in [0.29, 0.717) is 17.0 Å². The minimum Gasteiger partial charge on any atom is -0.469 e. The number of para-hydroxylation sites is 1. The van der Waals surface area contributed by atoms with Crippen molar-refractivity contribution < 1.29 is 9.53 Å². The van der Waals surface area contributed by atoms with Crippen LogP contribution in [-0.4, -0.2) is 23.3 Å². The molecule has 2 aromatic rings. The van der Waals surface area contributed by atoms with Crippen LogP contribution < -0.4 is 0 Å². The average molecular weight is 286 g/mol. The van der Waals surface area contributed by atoms with E-state index >= 15 is 0 Å². The molecule has 0 saturated carbocycles. The minimum atomic E-state index is -0.260. The molecule has 1 aromatic carbocycles. The second-order valence-electron chi connectivity index (χ2n) is 4.35. The molecule has 0 amide bonds. The van der Waals surface area contributed by atoms with Gasteiger partial charge in [-0.05, 0) is 12.1 Å². The van der Waals surface area contributed by atoms with Crippen molar-refractivity contribution in [2.24, 2.45) is 0 Å². The zero-order valence-electron chi connectivity index (χ0n) is 11.3. The molecule has 0 saturated heterocycles. The summed E-state index contributed by atoms with van der Waals surface area (Å²) >= 11 is 1.42. The molecule has 0 N–H and O–H groups in total. The fraction of sp³-hybridized carbons (Fsp3) is 0.267. The van der Waals surface area contributed by atoms with Gasteiger partial charge in [-0.15, -0.1) is 11.8 Å². The summed E-state index contributed by atoms with van der Waals surface area (Å²) in [5.74, 6) is -0.260. The van der Waals surface area contributed by atoms with Crippen LogP contribution in [-0.2, 0) is 9.53 Å². The molecule has 0 radical (unpaired) electrons. The highest BCUT2D eigenvalue weighted by Crippen LogP contribution is 2.29. The number of thioether (sulfide) groups is 1. The standard InChI is InChI=1S/C15H14N2O2S/c1-10(7-14(18)19-2)20-15-12(9-16)8-11-5-3-4-6-13(11)17-15/h3-6,8,10H,7H2,1-2H3. The van der Waals surface area contributed by atoms with Gasteiger partial charge in [-0.25, -0.2) is 4.98 Å². The molecule has 0 aliphatic carbocycles. The Balaban J connectivity index is 2.29. The molecule has 4 nitrogen and oxygen atoms in total. The van der Waals surface area contributed by atoms with Gasteiger partial charge in [-0.3, -0.25) is 4.79 Å². The number of esters is 1. The quantitative estimate of drug-likeness (QED) is 0.638. The number of ether oxygens (including phenoxy) is 1. The van der Waals surface area contributed by atoms with Gasteiger partial charge in [0, 0.05) is 10.6 Å². The van der Waals surface area contributed by atoms with Crippen molar-refractivity contribution >= 4 is 28.6 Å². The van der Waals surface area contributed by atoms with Gasteiger partial charge in [0.25, 0.3) is 0 Å². The molecule has 5 heteroatoms. The van der Waals surface area contributed by atoms with E-state index in [9.17, 15) is 10.1 Å². The van der Waals surface area contributed by atoms with Gasteiger partial charge < -0.3 is 4.74 Å². The number of hydrogen-bond donors (Lipinski definition) is 0. The maximum atomic E-state index is 11.3. The second kappa shape index (κ2) is 6.40. The highest BCUT2D eigenvalue weighted by atomic mass is 32.2. The van der Waals surface area contributed by atoms with Crippen molar-refractivity contribution in [2.45, 2.75) is 23.6 Å². The first kappa shape index (κ1) is 14.4. The van der Waals surface area contributed by atoms with Crippen molar-refractivity contribution in [2.75, 3.05) is 7.11 Å². The monoisotopic (exact) mass is 286 g/mol. The van der Waals surface area contributed by atoms with Crippen LogP contribution in [0.25, 0.3) is 10.9 Å². The smallest absolute Gasteiger partial charge is 0.306 e. The predicted molar refractivity (Wildman–Crippen MR) is 78.4 cm³/mol. The van der Waals surface area contributed by atoms with Crippen LogP contribution in [0.2, 0.25) is 0 Å². The van der Waals surface area contributed by atoms with Crippen molar-refractivity contribution in [1.29, 1.82) is 5.26 Å². The summed E-state index contributed by atoms with van der Waals surface area (Å²) in [5.41, 5.74) is 1.38. The lowest BCUT2D eigenvalue weighted by Gasteiger charge is -2.11. The van der Waals surface area contributed by atoms with E-state index in [1.807, 2.05) is 37.3 Å². The number of nitriles is 1. The van der Waals surface area contributed by atoms with E-state index in [1.165, 1.54) is 18.9 Å². The Morgan fingerprint density at radius 3 is 2.95 bits per heavy atom. The van der Waals surface area contributed by atoms with Gasteiger partial charge in [-0.2, -0.15) is 5.26 Å². The summed E-state index contributed by atoms with van der Waals surface area (Å²) in [4.78, 5) is 15.8. The molecule has 2 rings (SSSR count). The van der Waals surface area contributed by atoms with E-state index in [4.69, 9.17) is 0 Å². The number of carbonyl (C=O) groups is 1. The first-order chi connectivity index (χ1) is 9.63. The number of nitrogens with zero attached hydrogens (tertiary/aromatic N) is 2. The largest absolute Gasteiger partial charge is 0.469 e. The SMILES string of the molecule is COC(=O)CC(C)Sc1nc2ccccc2cc1C#N. The maximum Gasteiger partial charge on any atom is 0.306 e. The Hall–Kier alpha value is -2.06. The van der Waals surface area contributed by atoms with Crippen molar-refractivity contribution in [3.8, 4) is 6.07 Å². The van der Waals surface area contributed by atoms with E-state index in [0.717, 1.165) is 10.9 Å². The Morgan fingerprint density at radius 2 is 2.25 bits per heavy atom. The number of benzene rings is 1. The Bertz CT molecular complexity index is 679. The molecule has 20 heavy (non-hydrogen) atoms. The Morgan fingerprint density at radius 1 is 1.50 bits per heavy atom. The molecule has 1 atom stereocenters. The number of rotatable bonds is 4. The lowest BCUT2D eigenvalue weighted by molar-refractivity contribution is -0.140. The molecular formula is C15H14N2O2S. The van der Waals surface area contributed by atoms with E-state index in [-0.39, 0.29) is 11.2 Å². The zero-order valence-corrected chi connectivity index (χ0v) is 12.1. The van der Waals surface area contributed by atoms with E-state index in [1.54, 1.807) is 0 Å². The van der Waals surface area contributed by atoms with Crippen LogP contribution >= 0.6 is 11.8 Å². The van der Waals surface area contributed by atoms with Crippen LogP contribution in [0.4, 0.5) is 0 Å². The summed E-state index contributed by atoms with van der Waals surface area (Å²) in [6.45, 7) is 1.92. The Labute approximate surface area is 121 Å². The molecular weight excluding hydrogens is 272 g/mol.